The molecule has 31 heavy (non-hydrogen) atoms. The fourth-order valence-corrected chi connectivity index (χ4v) is 5.35. The molecule has 3 aliphatic rings. The molecule has 2 aliphatic carbocycles. The van der Waals surface area contributed by atoms with Gasteiger partial charge in [0.15, 0.2) is 5.82 Å². The quantitative estimate of drug-likeness (QED) is 0.428. The highest BCUT2D eigenvalue weighted by Gasteiger charge is 2.55. The number of hydroxylamine groups is 1. The maximum Gasteiger partial charge on any atom is 0.248 e. The summed E-state index contributed by atoms with van der Waals surface area (Å²) in [4.78, 5) is 39.8. The van der Waals surface area contributed by atoms with Crippen molar-refractivity contribution in [2.45, 2.75) is 77.2 Å². The molecule has 0 aromatic carbocycles. The summed E-state index contributed by atoms with van der Waals surface area (Å²) in [5, 5.41) is 15.6. The summed E-state index contributed by atoms with van der Waals surface area (Å²) in [6.45, 7) is 2.34. The zero-order valence-electron chi connectivity index (χ0n) is 18.1. The Morgan fingerprint density at radius 2 is 2.03 bits per heavy atom. The Hall–Kier alpha value is -2.42. The van der Waals surface area contributed by atoms with Gasteiger partial charge in [0.2, 0.25) is 17.7 Å². The van der Waals surface area contributed by atoms with Crippen LogP contribution >= 0.6 is 0 Å². The highest BCUT2D eigenvalue weighted by Crippen LogP contribution is 2.55. The molecular formula is C22H32N4O5. The van der Waals surface area contributed by atoms with Crippen molar-refractivity contribution in [1.82, 2.24) is 15.5 Å². The predicted molar refractivity (Wildman–Crippen MR) is 111 cm³/mol. The maximum atomic E-state index is 13.3. The van der Waals surface area contributed by atoms with E-state index in [0.29, 0.717) is 30.5 Å². The van der Waals surface area contributed by atoms with Crippen molar-refractivity contribution in [2.75, 3.05) is 11.9 Å². The van der Waals surface area contributed by atoms with Gasteiger partial charge in [0, 0.05) is 25.5 Å². The second-order valence-corrected chi connectivity index (χ2v) is 9.75. The van der Waals surface area contributed by atoms with Gasteiger partial charge >= 0.3 is 0 Å². The number of amides is 3. The first-order valence-electron chi connectivity index (χ1n) is 11.3. The van der Waals surface area contributed by atoms with E-state index in [1.54, 1.807) is 23.4 Å². The second-order valence-electron chi connectivity index (χ2n) is 9.75. The molecule has 1 aliphatic heterocycles. The molecule has 2 saturated carbocycles. The van der Waals surface area contributed by atoms with E-state index in [2.05, 4.69) is 10.5 Å². The fraction of sp³-hybridized carbons (Fsp3) is 0.727. The highest BCUT2D eigenvalue weighted by atomic mass is 16.5. The number of aryl methyl sites for hydroxylation is 1. The molecule has 9 nitrogen and oxygen atoms in total. The van der Waals surface area contributed by atoms with Gasteiger partial charge in [-0.3, -0.25) is 19.6 Å². The normalized spacial score (nSPS) is 23.2. The summed E-state index contributed by atoms with van der Waals surface area (Å²) < 4.78 is 5.02. The summed E-state index contributed by atoms with van der Waals surface area (Å²) in [6.07, 6.45) is 8.48. The SMILES string of the molecule is Cc1cc(NC(=O)[C@@H]2CC3(CC3)CN2C(=O)C[C@H](CC(=O)NO)CC2CCCC2)no1. The van der Waals surface area contributed by atoms with Crippen molar-refractivity contribution in [3.05, 3.63) is 11.8 Å². The van der Waals surface area contributed by atoms with Crippen LogP contribution in [0, 0.1) is 24.2 Å². The number of hydrogen-bond donors (Lipinski definition) is 3. The highest BCUT2D eigenvalue weighted by molar-refractivity contribution is 5.97. The number of carbonyl (C=O) groups is 3. The molecule has 1 saturated heterocycles. The number of nitrogens with one attached hydrogen (secondary N) is 2. The Morgan fingerprint density at radius 3 is 2.65 bits per heavy atom. The van der Waals surface area contributed by atoms with Crippen LogP contribution in [0.3, 0.4) is 0 Å². The summed E-state index contributed by atoms with van der Waals surface area (Å²) in [6, 6.07) is 1.11. The number of carbonyl (C=O) groups excluding carboxylic acids is 3. The van der Waals surface area contributed by atoms with E-state index < -0.39 is 11.9 Å². The molecule has 1 spiro atoms. The molecule has 1 aromatic heterocycles. The molecule has 9 heteroatoms. The van der Waals surface area contributed by atoms with Crippen molar-refractivity contribution in [1.29, 1.82) is 0 Å². The lowest BCUT2D eigenvalue weighted by atomic mass is 9.88. The van der Waals surface area contributed by atoms with Crippen LogP contribution in [0.4, 0.5) is 5.82 Å². The topological polar surface area (TPSA) is 125 Å². The minimum atomic E-state index is -0.536. The smallest absolute Gasteiger partial charge is 0.248 e. The monoisotopic (exact) mass is 432 g/mol. The standard InChI is InChI=1S/C22H32N4O5/c1-14-8-18(25-31-14)23-21(29)17-12-22(6-7-22)13-26(17)20(28)11-16(10-19(27)24-30)9-15-4-2-3-5-15/h8,15-17,30H,2-7,9-13H2,1H3,(H,24,27)(H,23,25,29)/t16-,17-/m0/s1. The number of likely N-dealkylation sites (tertiary alicyclic amines) is 1. The Bertz CT molecular complexity index is 828. The van der Waals surface area contributed by atoms with Gasteiger partial charge in [-0.2, -0.15) is 0 Å². The van der Waals surface area contributed by atoms with E-state index in [1.165, 1.54) is 12.8 Å². The second kappa shape index (κ2) is 8.98. The van der Waals surface area contributed by atoms with Gasteiger partial charge < -0.3 is 14.7 Å². The summed E-state index contributed by atoms with van der Waals surface area (Å²) in [5.41, 5.74) is 1.76. The molecule has 2 atom stereocenters. The third-order valence-corrected chi connectivity index (χ3v) is 7.17. The van der Waals surface area contributed by atoms with Gasteiger partial charge in [-0.1, -0.05) is 30.8 Å². The largest absolute Gasteiger partial charge is 0.360 e. The molecule has 1 aromatic rings. The number of hydrogen-bond acceptors (Lipinski definition) is 6. The molecule has 3 fully saturated rings. The Kier molecular flexibility index (Phi) is 6.31. The summed E-state index contributed by atoms with van der Waals surface area (Å²) >= 11 is 0. The van der Waals surface area contributed by atoms with Crippen LogP contribution in [-0.2, 0) is 14.4 Å². The van der Waals surface area contributed by atoms with Gasteiger partial charge in [0.05, 0.1) is 0 Å². The Balaban J connectivity index is 1.43. The molecule has 2 heterocycles. The van der Waals surface area contributed by atoms with E-state index in [-0.39, 0.29) is 36.0 Å². The van der Waals surface area contributed by atoms with E-state index in [0.717, 1.165) is 32.1 Å². The minimum absolute atomic E-state index is 0.0564. The molecule has 0 unspecified atom stereocenters. The van der Waals surface area contributed by atoms with E-state index in [4.69, 9.17) is 9.73 Å². The van der Waals surface area contributed by atoms with E-state index >= 15 is 0 Å². The molecular weight excluding hydrogens is 400 g/mol. The van der Waals surface area contributed by atoms with Crippen LogP contribution in [0.15, 0.2) is 10.6 Å². The van der Waals surface area contributed by atoms with Crippen LogP contribution in [-0.4, -0.2) is 45.6 Å². The predicted octanol–water partition coefficient (Wildman–Crippen LogP) is 2.78. The third-order valence-electron chi connectivity index (χ3n) is 7.17. The zero-order valence-corrected chi connectivity index (χ0v) is 18.1. The van der Waals surface area contributed by atoms with Gasteiger partial charge in [-0.05, 0) is 49.9 Å². The van der Waals surface area contributed by atoms with Crippen LogP contribution in [0.1, 0.15) is 70.0 Å². The fourth-order valence-electron chi connectivity index (χ4n) is 5.35. The number of anilines is 1. The minimum Gasteiger partial charge on any atom is -0.360 e. The third kappa shape index (κ3) is 5.26. The molecule has 3 N–H and O–H groups in total. The van der Waals surface area contributed by atoms with E-state index in [9.17, 15) is 14.4 Å². The summed E-state index contributed by atoms with van der Waals surface area (Å²) in [5.74, 6) is 0.537. The van der Waals surface area contributed by atoms with Crippen LogP contribution < -0.4 is 10.8 Å². The first-order chi connectivity index (χ1) is 14.9. The van der Waals surface area contributed by atoms with Crippen molar-refractivity contribution in [3.8, 4) is 0 Å². The average Bonchev–Trinajstić information content (AvgIpc) is 3.07. The molecule has 0 radical (unpaired) electrons. The van der Waals surface area contributed by atoms with E-state index in [1.807, 2.05) is 0 Å². The number of rotatable bonds is 8. The van der Waals surface area contributed by atoms with Crippen LogP contribution in [0.5, 0.6) is 0 Å². The molecule has 170 valence electrons. The maximum absolute atomic E-state index is 13.3. The van der Waals surface area contributed by atoms with Crippen LogP contribution in [0.25, 0.3) is 0 Å². The van der Waals surface area contributed by atoms with Gasteiger partial charge in [0.1, 0.15) is 11.8 Å². The van der Waals surface area contributed by atoms with Gasteiger partial charge in [-0.25, -0.2) is 5.48 Å². The lowest BCUT2D eigenvalue weighted by molar-refractivity contribution is -0.138. The Morgan fingerprint density at radius 1 is 1.29 bits per heavy atom. The van der Waals surface area contributed by atoms with Gasteiger partial charge in [-0.15, -0.1) is 0 Å². The Labute approximate surface area is 181 Å². The molecule has 0 bridgehead atoms. The summed E-state index contributed by atoms with van der Waals surface area (Å²) in [7, 11) is 0. The number of aromatic nitrogens is 1. The zero-order chi connectivity index (χ0) is 22.0. The van der Waals surface area contributed by atoms with Crippen molar-refractivity contribution >= 4 is 23.5 Å². The first-order valence-corrected chi connectivity index (χ1v) is 11.3. The molecule has 4 rings (SSSR count). The number of nitrogens with zero attached hydrogens (tertiary/aromatic N) is 2. The lowest BCUT2D eigenvalue weighted by Crippen LogP contribution is -2.44. The van der Waals surface area contributed by atoms with Crippen molar-refractivity contribution in [2.24, 2.45) is 17.3 Å². The molecule has 3 amide bonds. The average molecular weight is 433 g/mol. The van der Waals surface area contributed by atoms with Crippen molar-refractivity contribution in [3.63, 3.8) is 0 Å². The van der Waals surface area contributed by atoms with Crippen LogP contribution in [0.2, 0.25) is 0 Å². The van der Waals surface area contributed by atoms with Gasteiger partial charge in [0.25, 0.3) is 0 Å². The lowest BCUT2D eigenvalue weighted by Gasteiger charge is -2.27. The van der Waals surface area contributed by atoms with Crippen molar-refractivity contribution < 1.29 is 24.1 Å². The first kappa shape index (κ1) is 21.8.